The van der Waals surface area contributed by atoms with E-state index in [1.165, 1.54) is 5.56 Å². The average Bonchev–Trinajstić information content (AvgIpc) is 3.04. The fourth-order valence-electron chi connectivity index (χ4n) is 2.93. The van der Waals surface area contributed by atoms with E-state index in [0.717, 1.165) is 54.6 Å². The van der Waals surface area contributed by atoms with Crippen molar-refractivity contribution in [3.8, 4) is 17.0 Å². The van der Waals surface area contributed by atoms with Gasteiger partial charge in [0.1, 0.15) is 23.1 Å². The number of hydrogen-bond donors (Lipinski definition) is 1. The Morgan fingerprint density at radius 2 is 2.19 bits per heavy atom. The second-order valence-electron chi connectivity index (χ2n) is 5.93. The second kappa shape index (κ2) is 5.43. The van der Waals surface area contributed by atoms with Gasteiger partial charge in [-0.2, -0.15) is 0 Å². The lowest BCUT2D eigenvalue weighted by Gasteiger charge is -2.10. The van der Waals surface area contributed by atoms with Crippen LogP contribution in [0.25, 0.3) is 11.3 Å². The maximum absolute atomic E-state index is 6.37. The molecule has 4 heteroatoms. The number of nitrogens with two attached hydrogens (primary N) is 1. The maximum atomic E-state index is 6.37. The predicted octanol–water partition coefficient (Wildman–Crippen LogP) is 3.60. The van der Waals surface area contributed by atoms with Crippen LogP contribution in [0.15, 0.2) is 18.2 Å². The molecule has 3 rings (SSSR count). The van der Waals surface area contributed by atoms with Crippen molar-refractivity contribution < 1.29 is 4.74 Å². The molecule has 1 aliphatic heterocycles. The first-order valence-corrected chi connectivity index (χ1v) is 7.73. The van der Waals surface area contributed by atoms with Crippen molar-refractivity contribution in [1.29, 1.82) is 0 Å². The van der Waals surface area contributed by atoms with Gasteiger partial charge in [-0.05, 0) is 30.2 Å². The molecule has 112 valence electrons. The summed E-state index contributed by atoms with van der Waals surface area (Å²) in [6, 6.07) is 6.26. The lowest BCUT2D eigenvalue weighted by Crippen LogP contribution is -2.08. The van der Waals surface area contributed by atoms with Gasteiger partial charge in [-0.25, -0.2) is 4.98 Å². The van der Waals surface area contributed by atoms with Gasteiger partial charge in [0.25, 0.3) is 0 Å². The minimum absolute atomic E-state index is 0.366. The number of rotatable bonds is 4. The SMILES string of the molecule is CCCn1c(C(C)C)nc(-c2ccc3c(c2)CCO3)c1N. The summed E-state index contributed by atoms with van der Waals surface area (Å²) in [4.78, 5) is 4.82. The van der Waals surface area contributed by atoms with E-state index < -0.39 is 0 Å². The molecule has 0 spiro atoms. The van der Waals surface area contributed by atoms with Crippen molar-refractivity contribution in [2.45, 2.75) is 46.1 Å². The Morgan fingerprint density at radius 1 is 1.38 bits per heavy atom. The van der Waals surface area contributed by atoms with Crippen LogP contribution in [0.4, 0.5) is 5.82 Å². The number of nitrogen functional groups attached to an aromatic ring is 1. The molecule has 1 aromatic heterocycles. The zero-order valence-corrected chi connectivity index (χ0v) is 13.0. The van der Waals surface area contributed by atoms with E-state index in [4.69, 9.17) is 15.5 Å². The van der Waals surface area contributed by atoms with E-state index in [-0.39, 0.29) is 0 Å². The van der Waals surface area contributed by atoms with Gasteiger partial charge in [0, 0.05) is 24.4 Å². The van der Waals surface area contributed by atoms with Crippen molar-refractivity contribution in [3.63, 3.8) is 0 Å². The van der Waals surface area contributed by atoms with E-state index in [2.05, 4.69) is 37.5 Å². The standard InChI is InChI=1S/C17H23N3O/c1-4-8-20-16(18)15(19-17(20)11(2)3)13-5-6-14-12(10-13)7-9-21-14/h5-6,10-11H,4,7-9,18H2,1-3H3. The molecule has 0 amide bonds. The highest BCUT2D eigenvalue weighted by atomic mass is 16.5. The van der Waals surface area contributed by atoms with E-state index in [1.54, 1.807) is 0 Å². The van der Waals surface area contributed by atoms with Gasteiger partial charge in [0.2, 0.25) is 0 Å². The van der Waals surface area contributed by atoms with Gasteiger partial charge in [-0.1, -0.05) is 20.8 Å². The summed E-state index contributed by atoms with van der Waals surface area (Å²) in [6.07, 6.45) is 2.02. The van der Waals surface area contributed by atoms with Crippen molar-refractivity contribution in [2.75, 3.05) is 12.3 Å². The molecule has 21 heavy (non-hydrogen) atoms. The molecule has 1 aromatic carbocycles. The van der Waals surface area contributed by atoms with Crippen LogP contribution in [-0.4, -0.2) is 16.2 Å². The highest BCUT2D eigenvalue weighted by Crippen LogP contribution is 2.34. The van der Waals surface area contributed by atoms with Crippen LogP contribution < -0.4 is 10.5 Å². The Kier molecular flexibility index (Phi) is 3.62. The molecule has 0 bridgehead atoms. The summed E-state index contributed by atoms with van der Waals surface area (Å²) < 4.78 is 7.72. The van der Waals surface area contributed by atoms with Crippen LogP contribution in [0.5, 0.6) is 5.75 Å². The Morgan fingerprint density at radius 3 is 2.90 bits per heavy atom. The topological polar surface area (TPSA) is 53.1 Å². The summed E-state index contributed by atoms with van der Waals surface area (Å²) >= 11 is 0. The lowest BCUT2D eigenvalue weighted by molar-refractivity contribution is 0.357. The maximum Gasteiger partial charge on any atom is 0.131 e. The van der Waals surface area contributed by atoms with E-state index in [9.17, 15) is 0 Å². The number of aromatic nitrogens is 2. The third-order valence-corrected chi connectivity index (χ3v) is 3.96. The normalized spacial score (nSPS) is 13.5. The van der Waals surface area contributed by atoms with Crippen LogP contribution in [0.1, 0.15) is 44.5 Å². The van der Waals surface area contributed by atoms with Gasteiger partial charge < -0.3 is 15.0 Å². The predicted molar refractivity (Wildman–Crippen MR) is 85.7 cm³/mol. The molecule has 2 aromatic rings. The van der Waals surface area contributed by atoms with Gasteiger partial charge in [-0.15, -0.1) is 0 Å². The first-order valence-electron chi connectivity index (χ1n) is 7.73. The molecule has 0 fully saturated rings. The Balaban J connectivity index is 2.08. The molecular weight excluding hydrogens is 262 g/mol. The first-order chi connectivity index (χ1) is 10.1. The van der Waals surface area contributed by atoms with Crippen molar-refractivity contribution >= 4 is 5.82 Å². The summed E-state index contributed by atoms with van der Waals surface area (Å²) in [7, 11) is 0. The first kappa shape index (κ1) is 14.0. The zero-order valence-electron chi connectivity index (χ0n) is 13.0. The van der Waals surface area contributed by atoms with Crippen LogP contribution in [0.2, 0.25) is 0 Å². The summed E-state index contributed by atoms with van der Waals surface area (Å²) in [5, 5.41) is 0. The second-order valence-corrected chi connectivity index (χ2v) is 5.93. The molecule has 0 saturated heterocycles. The van der Waals surface area contributed by atoms with E-state index >= 15 is 0 Å². The van der Waals surface area contributed by atoms with Gasteiger partial charge >= 0.3 is 0 Å². The Labute approximate surface area is 125 Å². The minimum Gasteiger partial charge on any atom is -0.493 e. The smallest absolute Gasteiger partial charge is 0.131 e. The van der Waals surface area contributed by atoms with Crippen LogP contribution in [0, 0.1) is 0 Å². The van der Waals surface area contributed by atoms with Gasteiger partial charge in [0.05, 0.1) is 6.61 Å². The van der Waals surface area contributed by atoms with Crippen molar-refractivity contribution in [2.24, 2.45) is 0 Å². The minimum atomic E-state index is 0.366. The number of benzene rings is 1. The number of anilines is 1. The fourth-order valence-corrected chi connectivity index (χ4v) is 2.93. The van der Waals surface area contributed by atoms with Crippen LogP contribution >= 0.6 is 0 Å². The van der Waals surface area contributed by atoms with Crippen molar-refractivity contribution in [1.82, 2.24) is 9.55 Å². The average molecular weight is 285 g/mol. The largest absolute Gasteiger partial charge is 0.493 e. The van der Waals surface area contributed by atoms with Crippen LogP contribution in [0.3, 0.4) is 0 Å². The van der Waals surface area contributed by atoms with Crippen molar-refractivity contribution in [3.05, 3.63) is 29.6 Å². The van der Waals surface area contributed by atoms with Gasteiger partial charge in [-0.3, -0.25) is 0 Å². The molecule has 0 radical (unpaired) electrons. The molecular formula is C17H23N3O. The summed E-state index contributed by atoms with van der Waals surface area (Å²) in [5.74, 6) is 3.21. The number of ether oxygens (including phenoxy) is 1. The molecule has 0 aliphatic carbocycles. The zero-order chi connectivity index (χ0) is 15.0. The summed E-state index contributed by atoms with van der Waals surface area (Å²) in [6.45, 7) is 8.18. The van der Waals surface area contributed by atoms with E-state index in [1.807, 2.05) is 6.07 Å². The number of fused-ring (bicyclic) bond motifs is 1. The third kappa shape index (κ3) is 2.39. The third-order valence-electron chi connectivity index (χ3n) is 3.96. The highest BCUT2D eigenvalue weighted by molar-refractivity contribution is 5.72. The number of hydrogen-bond acceptors (Lipinski definition) is 3. The van der Waals surface area contributed by atoms with Gasteiger partial charge in [0.15, 0.2) is 0 Å². The molecule has 0 atom stereocenters. The molecule has 2 N–H and O–H groups in total. The van der Waals surface area contributed by atoms with Crippen LogP contribution in [-0.2, 0) is 13.0 Å². The molecule has 0 unspecified atom stereocenters. The number of imidazole rings is 1. The quantitative estimate of drug-likeness (QED) is 0.933. The Bertz CT molecular complexity index is 658. The summed E-state index contributed by atoms with van der Waals surface area (Å²) in [5.41, 5.74) is 9.62. The van der Waals surface area contributed by atoms with E-state index in [0.29, 0.717) is 5.92 Å². The lowest BCUT2D eigenvalue weighted by atomic mass is 10.1. The fraction of sp³-hybridized carbons (Fsp3) is 0.471. The molecule has 4 nitrogen and oxygen atoms in total. The molecule has 0 saturated carbocycles. The highest BCUT2D eigenvalue weighted by Gasteiger charge is 2.20. The Hall–Kier alpha value is -1.97. The monoisotopic (exact) mass is 285 g/mol. The molecule has 2 heterocycles. The number of nitrogens with zero attached hydrogens (tertiary/aromatic N) is 2. The molecule has 1 aliphatic rings.